The van der Waals surface area contributed by atoms with Gasteiger partial charge in [-0.3, -0.25) is 0 Å². The minimum Gasteiger partial charge on any atom is -0.487 e. The highest BCUT2D eigenvalue weighted by molar-refractivity contribution is 7.99. The Morgan fingerprint density at radius 3 is 2.51 bits per heavy atom. The highest BCUT2D eigenvalue weighted by atomic mass is 35.5. The molecule has 1 atom stereocenters. The predicted molar refractivity (Wildman–Crippen MR) is 146 cm³/mol. The van der Waals surface area contributed by atoms with Crippen molar-refractivity contribution in [3.8, 4) is 17.2 Å². The van der Waals surface area contributed by atoms with E-state index in [1.807, 2.05) is 78.0 Å². The van der Waals surface area contributed by atoms with Gasteiger partial charge in [0.1, 0.15) is 5.75 Å². The molecule has 1 N–H and O–H groups in total. The van der Waals surface area contributed by atoms with Crippen molar-refractivity contribution in [1.29, 1.82) is 0 Å². The molecule has 2 rings (SSSR count). The number of carboxylic acids is 1. The van der Waals surface area contributed by atoms with Gasteiger partial charge >= 0.3 is 5.97 Å². The van der Waals surface area contributed by atoms with Gasteiger partial charge in [0.2, 0.25) is 0 Å². The van der Waals surface area contributed by atoms with Crippen LogP contribution in [0, 0.1) is 6.92 Å². The number of thioether (sulfide) groups is 1. The summed E-state index contributed by atoms with van der Waals surface area (Å²) in [4.78, 5) is 11.8. The number of ether oxygens (including phenoxy) is 3. The second-order valence-corrected chi connectivity index (χ2v) is 9.09. The van der Waals surface area contributed by atoms with Crippen molar-refractivity contribution in [3.05, 3.63) is 71.0 Å². The zero-order valence-electron chi connectivity index (χ0n) is 21.5. The number of allylic oxidation sites excluding steroid dienone is 4. The van der Waals surface area contributed by atoms with Gasteiger partial charge in [-0.2, -0.15) is 0 Å². The van der Waals surface area contributed by atoms with Crippen molar-refractivity contribution in [2.75, 3.05) is 12.4 Å². The molecule has 2 aromatic carbocycles. The Kier molecular flexibility index (Phi) is 14.8. The minimum atomic E-state index is -0.990. The second kappa shape index (κ2) is 17.0. The molecule has 0 saturated heterocycles. The van der Waals surface area contributed by atoms with E-state index in [2.05, 4.69) is 6.08 Å². The Hall–Kier alpha value is -2.57. The van der Waals surface area contributed by atoms with E-state index in [-0.39, 0.29) is 12.7 Å². The lowest BCUT2D eigenvalue weighted by atomic mass is 10.2. The Morgan fingerprint density at radius 2 is 1.86 bits per heavy atom. The molecule has 0 aliphatic heterocycles. The molecule has 0 amide bonds. The summed E-state index contributed by atoms with van der Waals surface area (Å²) < 4.78 is 17.4. The monoisotopic (exact) mass is 520 g/mol. The van der Waals surface area contributed by atoms with Gasteiger partial charge in [0.25, 0.3) is 0 Å². The molecule has 35 heavy (non-hydrogen) atoms. The van der Waals surface area contributed by atoms with Crippen LogP contribution >= 0.6 is 23.4 Å². The van der Waals surface area contributed by atoms with Crippen LogP contribution in [0.1, 0.15) is 53.0 Å². The van der Waals surface area contributed by atoms with Crippen LogP contribution in [0.15, 0.2) is 65.3 Å². The molecule has 0 spiro atoms. The summed E-state index contributed by atoms with van der Waals surface area (Å²) in [5.74, 6) is 2.51. The second-order valence-electron chi connectivity index (χ2n) is 7.49. The predicted octanol–water partition coefficient (Wildman–Crippen LogP) is 8.34. The molecule has 0 fully saturated rings. The first-order valence-electron chi connectivity index (χ1n) is 11.8. The number of aliphatic carboxylic acids is 1. The minimum absolute atomic E-state index is 0.0207. The van der Waals surface area contributed by atoms with E-state index in [4.69, 9.17) is 30.9 Å². The fourth-order valence-electron chi connectivity index (χ4n) is 2.88. The van der Waals surface area contributed by atoms with Crippen LogP contribution in [0.25, 0.3) is 0 Å². The molecule has 0 saturated carbocycles. The van der Waals surface area contributed by atoms with Crippen LogP contribution in [0.5, 0.6) is 17.2 Å². The van der Waals surface area contributed by atoms with E-state index in [9.17, 15) is 4.79 Å². The number of carbonyl (C=O) groups is 1. The van der Waals surface area contributed by atoms with Crippen molar-refractivity contribution < 1.29 is 24.1 Å². The zero-order chi connectivity index (χ0) is 26.2. The maximum atomic E-state index is 10.7. The first-order chi connectivity index (χ1) is 16.8. The summed E-state index contributed by atoms with van der Waals surface area (Å²) in [5, 5.41) is 9.34. The van der Waals surface area contributed by atoms with Gasteiger partial charge in [0.15, 0.2) is 18.1 Å². The van der Waals surface area contributed by atoms with E-state index in [0.29, 0.717) is 22.3 Å². The van der Waals surface area contributed by atoms with Crippen LogP contribution in [0.2, 0.25) is 5.02 Å². The topological polar surface area (TPSA) is 65.0 Å². The lowest BCUT2D eigenvalue weighted by Crippen LogP contribution is -2.13. The van der Waals surface area contributed by atoms with Gasteiger partial charge in [0, 0.05) is 21.7 Å². The third kappa shape index (κ3) is 12.1. The lowest BCUT2D eigenvalue weighted by molar-refractivity contribution is -0.139. The normalized spacial score (nSPS) is 12.0. The molecule has 1 unspecified atom stereocenters. The SMILES string of the molecule is C/C=C\C/C=C(\C)Oc1cc(Cl)ccc1OC(C)CCSc1ccc(OCC(=O)O)c(C)c1.CC. The summed E-state index contributed by atoms with van der Waals surface area (Å²) in [6.07, 6.45) is 7.68. The smallest absolute Gasteiger partial charge is 0.341 e. The zero-order valence-corrected chi connectivity index (χ0v) is 23.0. The third-order valence-corrected chi connectivity index (χ3v) is 5.83. The van der Waals surface area contributed by atoms with Crippen LogP contribution in [-0.2, 0) is 4.79 Å². The third-order valence-electron chi connectivity index (χ3n) is 4.57. The van der Waals surface area contributed by atoms with Gasteiger partial charge in [-0.15, -0.1) is 11.8 Å². The van der Waals surface area contributed by atoms with Crippen molar-refractivity contribution in [1.82, 2.24) is 0 Å². The van der Waals surface area contributed by atoms with Crippen molar-refractivity contribution in [3.63, 3.8) is 0 Å². The quantitative estimate of drug-likeness (QED) is 0.163. The molecule has 5 nitrogen and oxygen atoms in total. The largest absolute Gasteiger partial charge is 0.487 e. The van der Waals surface area contributed by atoms with E-state index in [0.717, 1.165) is 34.8 Å². The average molecular weight is 521 g/mol. The first kappa shape index (κ1) is 30.5. The van der Waals surface area contributed by atoms with Crippen LogP contribution in [-0.4, -0.2) is 29.5 Å². The maximum Gasteiger partial charge on any atom is 0.341 e. The fourth-order valence-corrected chi connectivity index (χ4v) is 4.15. The molecule has 0 aliphatic rings. The molecule has 0 bridgehead atoms. The summed E-state index contributed by atoms with van der Waals surface area (Å²) in [6.45, 7) is 11.5. The molecule has 0 heterocycles. The number of hydrogen-bond acceptors (Lipinski definition) is 5. The number of carboxylic acid groups (broad SMARTS) is 1. The van der Waals surface area contributed by atoms with Gasteiger partial charge in [-0.25, -0.2) is 4.79 Å². The van der Waals surface area contributed by atoms with Gasteiger partial charge in [-0.05, 0) is 82.5 Å². The van der Waals surface area contributed by atoms with Crippen molar-refractivity contribution >= 4 is 29.3 Å². The summed E-state index contributed by atoms with van der Waals surface area (Å²) >= 11 is 7.88. The Bertz CT molecular complexity index is 987. The Balaban J connectivity index is 0.00000298. The number of hydrogen-bond donors (Lipinski definition) is 1. The van der Waals surface area contributed by atoms with Gasteiger partial charge in [0.05, 0.1) is 11.9 Å². The van der Waals surface area contributed by atoms with Crippen LogP contribution in [0.4, 0.5) is 0 Å². The van der Waals surface area contributed by atoms with E-state index in [1.54, 1.807) is 23.9 Å². The molecular weight excluding hydrogens is 484 g/mol. The highest BCUT2D eigenvalue weighted by Gasteiger charge is 2.12. The molecule has 7 heteroatoms. The van der Waals surface area contributed by atoms with Crippen molar-refractivity contribution in [2.45, 2.75) is 65.4 Å². The van der Waals surface area contributed by atoms with Gasteiger partial charge < -0.3 is 19.3 Å². The summed E-state index contributed by atoms with van der Waals surface area (Å²) in [6, 6.07) is 11.1. The molecule has 0 radical (unpaired) electrons. The fraction of sp³-hybridized carbons (Fsp3) is 0.393. The Labute approximate surface area is 219 Å². The molecule has 2 aromatic rings. The van der Waals surface area contributed by atoms with E-state index in [1.165, 1.54) is 0 Å². The van der Waals surface area contributed by atoms with Crippen LogP contribution in [0.3, 0.4) is 0 Å². The molecule has 192 valence electrons. The summed E-state index contributed by atoms with van der Waals surface area (Å²) in [5.41, 5.74) is 0.909. The number of rotatable bonds is 13. The van der Waals surface area contributed by atoms with E-state index >= 15 is 0 Å². The Morgan fingerprint density at radius 1 is 1.14 bits per heavy atom. The number of benzene rings is 2. The standard InChI is InChI=1S/C26H31ClO5S.C2H6/c1-5-6-7-8-19(3)32-25-16-21(27)9-11-24(25)31-20(4)13-14-33-22-10-12-23(18(2)15-22)30-17-26(28)29;1-2/h5-6,8-12,15-16,20H,7,13-14,17H2,1-4H3,(H,28,29);1-2H3/b6-5-,19-8+;. The summed E-state index contributed by atoms with van der Waals surface area (Å²) in [7, 11) is 0. The average Bonchev–Trinajstić information content (AvgIpc) is 2.81. The van der Waals surface area contributed by atoms with Crippen molar-refractivity contribution in [2.24, 2.45) is 0 Å². The highest BCUT2D eigenvalue weighted by Crippen LogP contribution is 2.33. The molecule has 0 aliphatic carbocycles. The van der Waals surface area contributed by atoms with Crippen LogP contribution < -0.4 is 14.2 Å². The maximum absolute atomic E-state index is 10.7. The number of aryl methyl sites for hydroxylation is 1. The molecule has 0 aromatic heterocycles. The first-order valence-corrected chi connectivity index (χ1v) is 13.1. The van der Waals surface area contributed by atoms with Gasteiger partial charge in [-0.1, -0.05) is 37.6 Å². The number of halogens is 1. The molecular formula is C28H37ClO5S. The lowest BCUT2D eigenvalue weighted by Gasteiger charge is -2.18. The van der Waals surface area contributed by atoms with E-state index < -0.39 is 5.97 Å².